The highest BCUT2D eigenvalue weighted by Crippen LogP contribution is 2.19. The van der Waals surface area contributed by atoms with Gasteiger partial charge in [-0.05, 0) is 31.4 Å². The lowest BCUT2D eigenvalue weighted by atomic mass is 10.1. The number of hydrogen-bond acceptors (Lipinski definition) is 3. The van der Waals surface area contributed by atoms with Crippen LogP contribution in [0.25, 0.3) is 0 Å². The van der Waals surface area contributed by atoms with E-state index in [9.17, 15) is 9.59 Å². The van der Waals surface area contributed by atoms with E-state index in [2.05, 4.69) is 5.32 Å². The first-order valence-electron chi connectivity index (χ1n) is 7.48. The molecule has 2 atom stereocenters. The molecule has 6 nitrogen and oxygen atoms in total. The van der Waals surface area contributed by atoms with Crippen molar-refractivity contribution >= 4 is 11.9 Å². The quantitative estimate of drug-likeness (QED) is 0.855. The Morgan fingerprint density at radius 3 is 2.82 bits per heavy atom. The van der Waals surface area contributed by atoms with Crippen LogP contribution in [0, 0.1) is 5.92 Å². The zero-order valence-electron chi connectivity index (χ0n) is 13.0. The molecule has 1 saturated heterocycles. The van der Waals surface area contributed by atoms with Crippen LogP contribution in [0.3, 0.4) is 0 Å². The summed E-state index contributed by atoms with van der Waals surface area (Å²) in [5.41, 5.74) is 6.33. The second kappa shape index (κ2) is 7.15. The zero-order chi connectivity index (χ0) is 16.1. The lowest BCUT2D eigenvalue weighted by Crippen LogP contribution is -2.44. The third-order valence-electron chi connectivity index (χ3n) is 3.97. The molecule has 1 aliphatic rings. The first-order valence-corrected chi connectivity index (χ1v) is 7.48. The highest BCUT2D eigenvalue weighted by Gasteiger charge is 2.30. The molecular weight excluding hydrogens is 282 g/mol. The van der Waals surface area contributed by atoms with Gasteiger partial charge in [-0.1, -0.05) is 18.2 Å². The standard InChI is InChI=1S/C16H23N3O3/c1-11(9-12-5-3-4-6-14(12)22-2)18-16(21)19-8-7-13(10-19)15(17)20/h3-6,11,13H,7-10H2,1-2H3,(H2,17,20)(H,18,21). The van der Waals surface area contributed by atoms with Gasteiger partial charge >= 0.3 is 6.03 Å². The normalized spacial score (nSPS) is 18.8. The number of nitrogens with zero attached hydrogens (tertiary/aromatic N) is 1. The Labute approximate surface area is 130 Å². The molecular formula is C16H23N3O3. The van der Waals surface area contributed by atoms with E-state index >= 15 is 0 Å². The molecule has 3 N–H and O–H groups in total. The molecule has 3 amide bonds. The van der Waals surface area contributed by atoms with Crippen LogP contribution in [-0.2, 0) is 11.2 Å². The fourth-order valence-electron chi connectivity index (χ4n) is 2.73. The van der Waals surface area contributed by atoms with Gasteiger partial charge in [0.2, 0.25) is 5.91 Å². The van der Waals surface area contributed by atoms with Crippen LogP contribution in [0.5, 0.6) is 5.75 Å². The number of rotatable bonds is 5. The van der Waals surface area contributed by atoms with Crippen molar-refractivity contribution in [3.05, 3.63) is 29.8 Å². The molecule has 1 aliphatic heterocycles. The summed E-state index contributed by atoms with van der Waals surface area (Å²) in [6.07, 6.45) is 1.33. The Kier molecular flexibility index (Phi) is 5.25. The summed E-state index contributed by atoms with van der Waals surface area (Å²) in [6.45, 7) is 2.93. The van der Waals surface area contributed by atoms with E-state index in [0.29, 0.717) is 25.9 Å². The van der Waals surface area contributed by atoms with Crippen LogP contribution in [0.1, 0.15) is 18.9 Å². The smallest absolute Gasteiger partial charge is 0.317 e. The van der Waals surface area contributed by atoms with Gasteiger partial charge in [0.25, 0.3) is 0 Å². The third-order valence-corrected chi connectivity index (χ3v) is 3.97. The van der Waals surface area contributed by atoms with Crippen molar-refractivity contribution in [1.82, 2.24) is 10.2 Å². The average Bonchev–Trinajstić information content (AvgIpc) is 2.98. The van der Waals surface area contributed by atoms with Gasteiger partial charge in [0.05, 0.1) is 13.0 Å². The number of carbonyl (C=O) groups excluding carboxylic acids is 2. The molecule has 1 heterocycles. The van der Waals surface area contributed by atoms with Gasteiger partial charge in [-0.15, -0.1) is 0 Å². The molecule has 1 aromatic carbocycles. The van der Waals surface area contributed by atoms with Crippen molar-refractivity contribution in [2.45, 2.75) is 25.8 Å². The fourth-order valence-corrected chi connectivity index (χ4v) is 2.73. The summed E-state index contributed by atoms with van der Waals surface area (Å²) < 4.78 is 5.32. The summed E-state index contributed by atoms with van der Waals surface area (Å²) in [4.78, 5) is 25.0. The van der Waals surface area contributed by atoms with Gasteiger partial charge in [0, 0.05) is 19.1 Å². The van der Waals surface area contributed by atoms with E-state index in [0.717, 1.165) is 11.3 Å². The summed E-state index contributed by atoms with van der Waals surface area (Å²) in [6, 6.07) is 7.58. The van der Waals surface area contributed by atoms with Gasteiger partial charge in [-0.25, -0.2) is 4.79 Å². The fraction of sp³-hybridized carbons (Fsp3) is 0.500. The van der Waals surface area contributed by atoms with Crippen LogP contribution in [0.2, 0.25) is 0 Å². The van der Waals surface area contributed by atoms with E-state index in [1.807, 2.05) is 31.2 Å². The number of ether oxygens (including phenoxy) is 1. The van der Waals surface area contributed by atoms with Crippen molar-refractivity contribution in [3.8, 4) is 5.75 Å². The molecule has 0 spiro atoms. The van der Waals surface area contributed by atoms with E-state index in [4.69, 9.17) is 10.5 Å². The number of nitrogens with two attached hydrogens (primary N) is 1. The molecule has 22 heavy (non-hydrogen) atoms. The summed E-state index contributed by atoms with van der Waals surface area (Å²) in [5.74, 6) is 0.256. The zero-order valence-corrected chi connectivity index (χ0v) is 13.0. The number of carbonyl (C=O) groups is 2. The molecule has 2 rings (SSSR count). The predicted molar refractivity (Wildman–Crippen MR) is 83.6 cm³/mol. The van der Waals surface area contributed by atoms with E-state index in [1.165, 1.54) is 0 Å². The van der Waals surface area contributed by atoms with Crippen LogP contribution in [0.15, 0.2) is 24.3 Å². The van der Waals surface area contributed by atoms with Gasteiger partial charge in [0.15, 0.2) is 0 Å². The molecule has 2 unspecified atom stereocenters. The molecule has 1 fully saturated rings. The lowest BCUT2D eigenvalue weighted by molar-refractivity contribution is -0.121. The predicted octanol–water partition coefficient (Wildman–Crippen LogP) is 1.14. The van der Waals surface area contributed by atoms with Crippen molar-refractivity contribution in [3.63, 3.8) is 0 Å². The van der Waals surface area contributed by atoms with Crippen molar-refractivity contribution < 1.29 is 14.3 Å². The molecule has 6 heteroatoms. The lowest BCUT2D eigenvalue weighted by Gasteiger charge is -2.21. The summed E-state index contributed by atoms with van der Waals surface area (Å²) in [7, 11) is 1.64. The van der Waals surface area contributed by atoms with E-state index in [-0.39, 0.29) is 23.9 Å². The Morgan fingerprint density at radius 1 is 1.45 bits per heavy atom. The minimum Gasteiger partial charge on any atom is -0.496 e. The number of amides is 3. The molecule has 0 aliphatic carbocycles. The Bertz CT molecular complexity index is 547. The van der Waals surface area contributed by atoms with Crippen LogP contribution in [0.4, 0.5) is 4.79 Å². The van der Waals surface area contributed by atoms with E-state index < -0.39 is 0 Å². The largest absolute Gasteiger partial charge is 0.496 e. The second-order valence-corrected chi connectivity index (χ2v) is 5.70. The Balaban J connectivity index is 1.88. The highest BCUT2D eigenvalue weighted by atomic mass is 16.5. The number of urea groups is 1. The summed E-state index contributed by atoms with van der Waals surface area (Å²) >= 11 is 0. The number of hydrogen-bond donors (Lipinski definition) is 2. The van der Waals surface area contributed by atoms with E-state index in [1.54, 1.807) is 12.0 Å². The third kappa shape index (κ3) is 3.90. The first kappa shape index (κ1) is 16.1. The van der Waals surface area contributed by atoms with Gasteiger partial charge in [0.1, 0.15) is 5.75 Å². The van der Waals surface area contributed by atoms with Crippen LogP contribution >= 0.6 is 0 Å². The average molecular weight is 305 g/mol. The minimum absolute atomic E-state index is 0.0311. The number of benzene rings is 1. The van der Waals surface area contributed by atoms with Crippen molar-refractivity contribution in [1.29, 1.82) is 0 Å². The SMILES string of the molecule is COc1ccccc1CC(C)NC(=O)N1CCC(C(N)=O)C1. The molecule has 1 aromatic rings. The molecule has 0 aromatic heterocycles. The topological polar surface area (TPSA) is 84.7 Å². The minimum atomic E-state index is -0.336. The van der Waals surface area contributed by atoms with Crippen LogP contribution in [-0.4, -0.2) is 43.1 Å². The number of primary amides is 1. The molecule has 0 bridgehead atoms. The van der Waals surface area contributed by atoms with Crippen LogP contribution < -0.4 is 15.8 Å². The second-order valence-electron chi connectivity index (χ2n) is 5.70. The monoisotopic (exact) mass is 305 g/mol. The first-order chi connectivity index (χ1) is 10.5. The molecule has 120 valence electrons. The maximum Gasteiger partial charge on any atom is 0.317 e. The number of nitrogens with one attached hydrogen (secondary N) is 1. The highest BCUT2D eigenvalue weighted by molar-refractivity contribution is 5.80. The Morgan fingerprint density at radius 2 is 2.18 bits per heavy atom. The van der Waals surface area contributed by atoms with Crippen molar-refractivity contribution in [2.24, 2.45) is 11.7 Å². The van der Waals surface area contributed by atoms with Gasteiger partial charge in [-0.2, -0.15) is 0 Å². The summed E-state index contributed by atoms with van der Waals surface area (Å²) in [5, 5.41) is 2.96. The van der Waals surface area contributed by atoms with Gasteiger partial charge in [-0.3, -0.25) is 4.79 Å². The Hall–Kier alpha value is -2.24. The number of methoxy groups -OCH3 is 1. The maximum absolute atomic E-state index is 12.2. The number of para-hydroxylation sites is 1. The van der Waals surface area contributed by atoms with Crippen molar-refractivity contribution in [2.75, 3.05) is 20.2 Å². The molecule has 0 radical (unpaired) electrons. The maximum atomic E-state index is 12.2. The molecule has 0 saturated carbocycles. The van der Waals surface area contributed by atoms with Gasteiger partial charge < -0.3 is 20.7 Å². The number of likely N-dealkylation sites (tertiary alicyclic amines) is 1.